The number of nitrogens with one attached hydrogen (secondary N) is 2. The molecule has 5 rings (SSSR count). The van der Waals surface area contributed by atoms with Crippen molar-refractivity contribution in [3.8, 4) is 0 Å². The number of hydrogen-bond donors (Lipinski definition) is 3. The Morgan fingerprint density at radius 3 is 2.63 bits per heavy atom. The zero-order valence-electron chi connectivity index (χ0n) is 20.4. The van der Waals surface area contributed by atoms with Gasteiger partial charge in [-0.15, -0.1) is 0 Å². The van der Waals surface area contributed by atoms with E-state index in [-0.39, 0.29) is 36.8 Å². The van der Waals surface area contributed by atoms with E-state index in [0.717, 1.165) is 17.2 Å². The van der Waals surface area contributed by atoms with E-state index in [2.05, 4.69) is 10.6 Å². The molecule has 3 aliphatic heterocycles. The number of carbonyl (C=O) groups is 3. The smallest absolute Gasteiger partial charge is 0.250 e. The molecule has 0 aliphatic carbocycles. The highest BCUT2D eigenvalue weighted by molar-refractivity contribution is 6.04. The Kier molecular flexibility index (Phi) is 5.84. The van der Waals surface area contributed by atoms with E-state index in [1.165, 1.54) is 4.90 Å². The van der Waals surface area contributed by atoms with E-state index in [0.29, 0.717) is 18.7 Å². The van der Waals surface area contributed by atoms with Crippen molar-refractivity contribution in [1.82, 2.24) is 10.2 Å². The summed E-state index contributed by atoms with van der Waals surface area (Å²) in [6.07, 6.45) is 1.28. The van der Waals surface area contributed by atoms with Gasteiger partial charge in [-0.25, -0.2) is 0 Å². The van der Waals surface area contributed by atoms with Gasteiger partial charge in [0.1, 0.15) is 11.6 Å². The van der Waals surface area contributed by atoms with Gasteiger partial charge < -0.3 is 25.4 Å². The van der Waals surface area contributed by atoms with Crippen LogP contribution in [-0.4, -0.2) is 64.7 Å². The number of aliphatic hydroxyl groups excluding tert-OH is 1. The van der Waals surface area contributed by atoms with Crippen LogP contribution >= 0.6 is 0 Å². The zero-order valence-corrected chi connectivity index (χ0v) is 20.4. The number of anilines is 1. The van der Waals surface area contributed by atoms with Gasteiger partial charge >= 0.3 is 0 Å². The highest BCUT2D eigenvalue weighted by Gasteiger charge is 2.79. The van der Waals surface area contributed by atoms with Crippen LogP contribution in [0.3, 0.4) is 0 Å². The topological polar surface area (TPSA) is 108 Å². The fourth-order valence-corrected chi connectivity index (χ4v) is 6.62. The molecule has 35 heavy (non-hydrogen) atoms. The van der Waals surface area contributed by atoms with Gasteiger partial charge in [-0.1, -0.05) is 44.2 Å². The average Bonchev–Trinajstić information content (AvgIpc) is 3.34. The second-order valence-electron chi connectivity index (χ2n) is 10.3. The number of fused-ring (bicyclic) bond motifs is 2. The van der Waals surface area contributed by atoms with E-state index in [1.54, 1.807) is 0 Å². The van der Waals surface area contributed by atoms with Crippen LogP contribution in [0.1, 0.15) is 33.6 Å². The number of β-amino-alcohol motifs (C(OH)–C–C–N with tert-alkyl or cyclic N) is 1. The van der Waals surface area contributed by atoms with E-state index < -0.39 is 29.1 Å². The van der Waals surface area contributed by atoms with Crippen molar-refractivity contribution < 1.29 is 24.2 Å². The van der Waals surface area contributed by atoms with Crippen molar-refractivity contribution >= 4 is 34.2 Å². The second kappa shape index (κ2) is 8.60. The number of likely N-dealkylation sites (tertiary alicyclic amines) is 1. The van der Waals surface area contributed by atoms with E-state index in [9.17, 15) is 19.5 Å². The SMILES string of the molecule is CCCNC(=O)[C@H]1[C@H]2C(=O)N(CCO)C(C(=O)Nc3ccc4ccccc4c3)C23CC(C)[C@]1(C)O3. The summed E-state index contributed by atoms with van der Waals surface area (Å²) in [6, 6.07) is 12.6. The van der Waals surface area contributed by atoms with Gasteiger partial charge in [-0.3, -0.25) is 14.4 Å². The minimum atomic E-state index is -1.12. The first-order valence-electron chi connectivity index (χ1n) is 12.5. The van der Waals surface area contributed by atoms with Gasteiger partial charge in [0.15, 0.2) is 0 Å². The molecule has 3 heterocycles. The first-order valence-corrected chi connectivity index (χ1v) is 12.5. The summed E-state index contributed by atoms with van der Waals surface area (Å²) in [6.45, 7) is 6.12. The number of amides is 3. The number of ether oxygens (including phenoxy) is 1. The van der Waals surface area contributed by atoms with Gasteiger partial charge in [-0.2, -0.15) is 0 Å². The Bertz CT molecular complexity index is 1180. The molecule has 3 aliphatic rings. The van der Waals surface area contributed by atoms with E-state index >= 15 is 0 Å². The van der Waals surface area contributed by atoms with Crippen LogP contribution in [-0.2, 0) is 19.1 Å². The van der Waals surface area contributed by atoms with Crippen molar-refractivity contribution in [3.63, 3.8) is 0 Å². The molecule has 3 amide bonds. The van der Waals surface area contributed by atoms with Crippen molar-refractivity contribution in [2.24, 2.45) is 17.8 Å². The van der Waals surface area contributed by atoms with Gasteiger partial charge in [0.2, 0.25) is 17.7 Å². The van der Waals surface area contributed by atoms with Crippen LogP contribution in [0, 0.1) is 17.8 Å². The van der Waals surface area contributed by atoms with Crippen molar-refractivity contribution in [2.45, 2.75) is 50.9 Å². The largest absolute Gasteiger partial charge is 0.395 e. The molecule has 3 fully saturated rings. The van der Waals surface area contributed by atoms with Crippen molar-refractivity contribution in [3.05, 3.63) is 42.5 Å². The monoisotopic (exact) mass is 479 g/mol. The Labute approximate surface area is 205 Å². The van der Waals surface area contributed by atoms with Crippen LogP contribution in [0.4, 0.5) is 5.69 Å². The fraction of sp³-hybridized carbons (Fsp3) is 0.519. The summed E-state index contributed by atoms with van der Waals surface area (Å²) in [5.74, 6) is -2.35. The molecule has 2 bridgehead atoms. The molecular weight excluding hydrogens is 446 g/mol. The lowest BCUT2D eigenvalue weighted by Gasteiger charge is -2.36. The first kappa shape index (κ1) is 23.8. The molecule has 0 saturated carbocycles. The normalized spacial score (nSPS) is 33.3. The molecule has 2 aromatic rings. The number of hydrogen-bond acceptors (Lipinski definition) is 5. The maximum Gasteiger partial charge on any atom is 0.250 e. The molecule has 186 valence electrons. The Morgan fingerprint density at radius 2 is 1.91 bits per heavy atom. The zero-order chi connectivity index (χ0) is 25.0. The van der Waals surface area contributed by atoms with Crippen LogP contribution < -0.4 is 10.6 Å². The van der Waals surface area contributed by atoms with Crippen molar-refractivity contribution in [1.29, 1.82) is 0 Å². The number of nitrogens with zero attached hydrogens (tertiary/aromatic N) is 1. The summed E-state index contributed by atoms with van der Waals surface area (Å²) in [4.78, 5) is 42.2. The lowest BCUT2D eigenvalue weighted by Crippen LogP contribution is -2.54. The highest BCUT2D eigenvalue weighted by Crippen LogP contribution is 2.65. The number of aliphatic hydroxyl groups is 1. The quantitative estimate of drug-likeness (QED) is 0.565. The lowest BCUT2D eigenvalue weighted by molar-refractivity contribution is -0.146. The van der Waals surface area contributed by atoms with Crippen LogP contribution in [0.2, 0.25) is 0 Å². The van der Waals surface area contributed by atoms with E-state index in [4.69, 9.17) is 4.74 Å². The number of rotatable bonds is 7. The minimum absolute atomic E-state index is 0.00461. The molecule has 1 spiro atoms. The molecule has 6 atom stereocenters. The standard InChI is InChI=1S/C27H33N3O5/c1-4-11-28-23(32)20-21-25(34)30(12-13-31)22(27(21)15-16(2)26(20,3)35-27)24(33)29-19-10-9-17-7-5-6-8-18(17)14-19/h5-10,14,16,20-22,31H,4,11-13,15H2,1-3H3,(H,28,32)(H,29,33)/t16?,20-,21+,22?,26+,27?/m1/s1. The summed E-state index contributed by atoms with van der Waals surface area (Å²) >= 11 is 0. The predicted molar refractivity (Wildman–Crippen MR) is 131 cm³/mol. The van der Waals surface area contributed by atoms with E-state index in [1.807, 2.05) is 63.2 Å². The van der Waals surface area contributed by atoms with Gasteiger partial charge in [0, 0.05) is 18.8 Å². The molecule has 3 unspecified atom stereocenters. The maximum atomic E-state index is 13.8. The van der Waals surface area contributed by atoms with Crippen LogP contribution in [0.15, 0.2) is 42.5 Å². The fourth-order valence-electron chi connectivity index (χ4n) is 6.62. The molecule has 0 radical (unpaired) electrons. The number of carbonyl (C=O) groups excluding carboxylic acids is 3. The minimum Gasteiger partial charge on any atom is -0.395 e. The first-order chi connectivity index (χ1) is 16.8. The van der Waals surface area contributed by atoms with Gasteiger partial charge in [0.25, 0.3) is 0 Å². The van der Waals surface area contributed by atoms with Gasteiger partial charge in [-0.05, 0) is 48.6 Å². The Balaban J connectivity index is 1.51. The third kappa shape index (κ3) is 3.45. The molecule has 8 nitrogen and oxygen atoms in total. The van der Waals surface area contributed by atoms with Gasteiger partial charge in [0.05, 0.1) is 24.0 Å². The summed E-state index contributed by atoms with van der Waals surface area (Å²) in [5.41, 5.74) is -1.34. The summed E-state index contributed by atoms with van der Waals surface area (Å²) in [5, 5.41) is 17.7. The van der Waals surface area contributed by atoms with Crippen molar-refractivity contribution in [2.75, 3.05) is 25.0 Å². The third-order valence-corrected chi connectivity index (χ3v) is 8.25. The Morgan fingerprint density at radius 1 is 1.17 bits per heavy atom. The highest BCUT2D eigenvalue weighted by atomic mass is 16.5. The lowest BCUT2D eigenvalue weighted by atomic mass is 9.62. The molecule has 2 aromatic carbocycles. The average molecular weight is 480 g/mol. The molecule has 8 heteroatoms. The molecule has 3 N–H and O–H groups in total. The third-order valence-electron chi connectivity index (χ3n) is 8.25. The second-order valence-corrected chi connectivity index (χ2v) is 10.3. The number of benzene rings is 2. The predicted octanol–water partition coefficient (Wildman–Crippen LogP) is 2.31. The summed E-state index contributed by atoms with van der Waals surface area (Å²) in [7, 11) is 0. The molecular formula is C27H33N3O5. The summed E-state index contributed by atoms with van der Waals surface area (Å²) < 4.78 is 6.62. The molecule has 3 saturated heterocycles. The molecule has 0 aromatic heterocycles. The maximum absolute atomic E-state index is 13.8. The Hall–Kier alpha value is -2.97. The van der Waals surface area contributed by atoms with Crippen LogP contribution in [0.5, 0.6) is 0 Å². The van der Waals surface area contributed by atoms with Crippen LogP contribution in [0.25, 0.3) is 10.8 Å².